The number of aryl methyl sites for hydroxylation is 1. The van der Waals surface area contributed by atoms with E-state index in [1.165, 1.54) is 11.3 Å². The monoisotopic (exact) mass is 292 g/mol. The molecule has 0 radical (unpaired) electrons. The van der Waals surface area contributed by atoms with Crippen molar-refractivity contribution in [1.82, 2.24) is 9.97 Å². The van der Waals surface area contributed by atoms with Crippen LogP contribution in [-0.2, 0) is 0 Å². The molecule has 0 unspecified atom stereocenters. The summed E-state index contributed by atoms with van der Waals surface area (Å²) in [5.41, 5.74) is 5.64. The minimum Gasteiger partial charge on any atom is -0.368 e. The number of halogens is 2. The zero-order chi connectivity index (χ0) is 14.3. The number of nitrogens with zero attached hydrogens (tertiary/aromatic N) is 2. The lowest BCUT2D eigenvalue weighted by Gasteiger charge is -2.08. The third-order valence-electron chi connectivity index (χ3n) is 2.71. The van der Waals surface area contributed by atoms with Gasteiger partial charge >= 0.3 is 0 Å². The minimum atomic E-state index is -0.566. The summed E-state index contributed by atoms with van der Waals surface area (Å²) in [5.74, 6) is -0.655. The van der Waals surface area contributed by atoms with Gasteiger partial charge in [-0.2, -0.15) is 4.98 Å². The van der Waals surface area contributed by atoms with Crippen molar-refractivity contribution in [3.63, 3.8) is 0 Å². The van der Waals surface area contributed by atoms with Crippen LogP contribution in [0.1, 0.15) is 4.88 Å². The molecule has 0 aliphatic carbocycles. The molecule has 0 bridgehead atoms. The van der Waals surface area contributed by atoms with Gasteiger partial charge in [-0.25, -0.2) is 13.8 Å². The van der Waals surface area contributed by atoms with Crippen LogP contribution in [0, 0.1) is 18.6 Å². The molecule has 0 aliphatic rings. The smallest absolute Gasteiger partial charge is 0.223 e. The van der Waals surface area contributed by atoms with Crippen molar-refractivity contribution in [2.75, 3.05) is 11.1 Å². The molecule has 0 amide bonds. The summed E-state index contributed by atoms with van der Waals surface area (Å²) < 4.78 is 26.8. The van der Waals surface area contributed by atoms with Crippen LogP contribution in [0.25, 0.3) is 10.2 Å². The Balaban J connectivity index is 2.12. The van der Waals surface area contributed by atoms with Crippen LogP contribution >= 0.6 is 11.3 Å². The second-order valence-electron chi connectivity index (χ2n) is 4.26. The van der Waals surface area contributed by atoms with Gasteiger partial charge in [-0.3, -0.25) is 0 Å². The summed E-state index contributed by atoms with van der Waals surface area (Å²) in [6, 6.07) is 5.05. The quantitative estimate of drug-likeness (QED) is 0.757. The summed E-state index contributed by atoms with van der Waals surface area (Å²) >= 11 is 1.46. The molecule has 20 heavy (non-hydrogen) atoms. The normalized spacial score (nSPS) is 10.9. The maximum Gasteiger partial charge on any atom is 0.223 e. The fourth-order valence-electron chi connectivity index (χ4n) is 1.87. The molecule has 0 aliphatic heterocycles. The van der Waals surface area contributed by atoms with Crippen molar-refractivity contribution in [3.8, 4) is 0 Å². The number of hydrogen-bond donors (Lipinski definition) is 2. The number of thiophene rings is 1. The summed E-state index contributed by atoms with van der Waals surface area (Å²) in [7, 11) is 0. The van der Waals surface area contributed by atoms with E-state index < -0.39 is 11.6 Å². The van der Waals surface area contributed by atoms with E-state index in [-0.39, 0.29) is 11.6 Å². The maximum atomic E-state index is 13.7. The van der Waals surface area contributed by atoms with Crippen LogP contribution in [0.5, 0.6) is 0 Å². The van der Waals surface area contributed by atoms with E-state index in [1.807, 2.05) is 13.0 Å². The molecule has 2 heterocycles. The Morgan fingerprint density at radius 2 is 2.00 bits per heavy atom. The van der Waals surface area contributed by atoms with Crippen molar-refractivity contribution < 1.29 is 8.78 Å². The van der Waals surface area contributed by atoms with E-state index in [0.717, 1.165) is 28.5 Å². The van der Waals surface area contributed by atoms with E-state index in [0.29, 0.717) is 10.6 Å². The second kappa shape index (κ2) is 4.68. The van der Waals surface area contributed by atoms with E-state index in [1.54, 1.807) is 0 Å². The number of fused-ring (bicyclic) bond motifs is 1. The van der Waals surface area contributed by atoms with Crippen LogP contribution in [0.15, 0.2) is 24.3 Å². The Morgan fingerprint density at radius 3 is 2.80 bits per heavy atom. The van der Waals surface area contributed by atoms with Gasteiger partial charge in [0, 0.05) is 10.9 Å². The minimum absolute atomic E-state index is 0.00764. The number of anilines is 3. The van der Waals surface area contributed by atoms with Gasteiger partial charge in [-0.15, -0.1) is 11.3 Å². The molecular weight excluding hydrogens is 282 g/mol. The van der Waals surface area contributed by atoms with Crippen LogP contribution in [0.2, 0.25) is 0 Å². The third-order valence-corrected chi connectivity index (χ3v) is 3.66. The van der Waals surface area contributed by atoms with Crippen LogP contribution in [0.3, 0.4) is 0 Å². The molecule has 3 aromatic rings. The van der Waals surface area contributed by atoms with Crippen LogP contribution < -0.4 is 11.1 Å². The maximum absolute atomic E-state index is 13.7. The molecule has 3 N–H and O–H groups in total. The topological polar surface area (TPSA) is 63.8 Å². The summed E-state index contributed by atoms with van der Waals surface area (Å²) in [5, 5.41) is 3.50. The summed E-state index contributed by atoms with van der Waals surface area (Å²) in [4.78, 5) is 9.90. The first-order valence-electron chi connectivity index (χ1n) is 5.78. The molecule has 2 aromatic heterocycles. The van der Waals surface area contributed by atoms with Crippen molar-refractivity contribution >= 4 is 39.0 Å². The van der Waals surface area contributed by atoms with Crippen molar-refractivity contribution in [3.05, 3.63) is 40.8 Å². The molecule has 102 valence electrons. The first-order valence-corrected chi connectivity index (χ1v) is 6.60. The molecule has 3 rings (SSSR count). The van der Waals surface area contributed by atoms with Crippen molar-refractivity contribution in [1.29, 1.82) is 0 Å². The van der Waals surface area contributed by atoms with Gasteiger partial charge in [0.2, 0.25) is 5.95 Å². The summed E-state index contributed by atoms with van der Waals surface area (Å²) in [6.07, 6.45) is 0. The van der Waals surface area contributed by atoms with Crippen LogP contribution in [0.4, 0.5) is 26.2 Å². The number of nitrogen functional groups attached to an aromatic ring is 1. The molecule has 0 spiro atoms. The fraction of sp³-hybridized carbons (Fsp3) is 0.0769. The highest BCUT2D eigenvalue weighted by Gasteiger charge is 2.12. The Kier molecular flexibility index (Phi) is 2.98. The van der Waals surface area contributed by atoms with Gasteiger partial charge < -0.3 is 11.1 Å². The van der Waals surface area contributed by atoms with Gasteiger partial charge in [0.1, 0.15) is 22.3 Å². The van der Waals surface area contributed by atoms with Crippen molar-refractivity contribution in [2.45, 2.75) is 6.92 Å². The van der Waals surface area contributed by atoms with E-state index in [9.17, 15) is 8.78 Å². The molecule has 0 fully saturated rings. The first-order chi connectivity index (χ1) is 9.52. The van der Waals surface area contributed by atoms with Gasteiger partial charge in [0.25, 0.3) is 0 Å². The van der Waals surface area contributed by atoms with E-state index in [4.69, 9.17) is 5.73 Å². The highest BCUT2D eigenvalue weighted by molar-refractivity contribution is 7.18. The number of aromatic nitrogens is 2. The molecule has 1 aromatic carbocycles. The number of nitrogens with one attached hydrogen (secondary N) is 1. The third kappa shape index (κ3) is 2.27. The van der Waals surface area contributed by atoms with Gasteiger partial charge in [0.05, 0.1) is 11.1 Å². The SMILES string of the molecule is Cc1cc2c(Nc3cc(F)ccc3F)nc(N)nc2s1. The zero-order valence-electron chi connectivity index (χ0n) is 10.4. The molecule has 0 saturated heterocycles. The Morgan fingerprint density at radius 1 is 1.20 bits per heavy atom. The summed E-state index contributed by atoms with van der Waals surface area (Å²) in [6.45, 7) is 1.93. The van der Waals surface area contributed by atoms with E-state index >= 15 is 0 Å². The van der Waals surface area contributed by atoms with Crippen LogP contribution in [-0.4, -0.2) is 9.97 Å². The first kappa shape index (κ1) is 12.7. The predicted molar refractivity (Wildman–Crippen MR) is 76.2 cm³/mol. The highest BCUT2D eigenvalue weighted by atomic mass is 32.1. The average molecular weight is 292 g/mol. The average Bonchev–Trinajstić information content (AvgIpc) is 2.74. The van der Waals surface area contributed by atoms with Gasteiger partial charge in [-0.1, -0.05) is 0 Å². The second-order valence-corrected chi connectivity index (χ2v) is 5.49. The molecule has 0 atom stereocenters. The zero-order valence-corrected chi connectivity index (χ0v) is 11.3. The lowest BCUT2D eigenvalue weighted by molar-refractivity contribution is 0.603. The molecule has 7 heteroatoms. The van der Waals surface area contributed by atoms with Gasteiger partial charge in [-0.05, 0) is 25.1 Å². The highest BCUT2D eigenvalue weighted by Crippen LogP contribution is 2.31. The lowest BCUT2D eigenvalue weighted by Crippen LogP contribution is -2.01. The molecule has 4 nitrogen and oxygen atoms in total. The van der Waals surface area contributed by atoms with E-state index in [2.05, 4.69) is 15.3 Å². The molecular formula is C13H10F2N4S. The largest absolute Gasteiger partial charge is 0.368 e. The number of rotatable bonds is 2. The lowest BCUT2D eigenvalue weighted by atomic mass is 10.2. The number of nitrogens with two attached hydrogens (primary N) is 1. The number of hydrogen-bond acceptors (Lipinski definition) is 5. The molecule has 0 saturated carbocycles. The fourth-order valence-corrected chi connectivity index (χ4v) is 2.76. The Bertz CT molecular complexity index is 800. The number of benzene rings is 1. The van der Waals surface area contributed by atoms with Gasteiger partial charge in [0.15, 0.2) is 0 Å². The predicted octanol–water partition coefficient (Wildman–Crippen LogP) is 3.60. The Hall–Kier alpha value is -2.28. The Labute approximate surface area is 117 Å². The standard InChI is InChI=1S/C13H10F2N4S/c1-6-4-8-11(18-13(16)19-12(8)20-6)17-10-5-7(14)2-3-9(10)15/h2-5H,1H3,(H3,16,17,18,19). The van der Waals surface area contributed by atoms with Crippen molar-refractivity contribution in [2.24, 2.45) is 0 Å².